The lowest BCUT2D eigenvalue weighted by molar-refractivity contribution is -0.118. The summed E-state index contributed by atoms with van der Waals surface area (Å²) in [6.07, 6.45) is -2.68. The first-order chi connectivity index (χ1) is 11.8. The molecule has 0 atom stereocenters. The Morgan fingerprint density at radius 3 is 2.80 bits per heavy atom. The average molecular weight is 349 g/mol. The molecule has 0 aliphatic heterocycles. The zero-order chi connectivity index (χ0) is 18.1. The quantitative estimate of drug-likeness (QED) is 0.742. The van der Waals surface area contributed by atoms with Crippen LogP contribution in [-0.4, -0.2) is 32.3 Å². The van der Waals surface area contributed by atoms with Gasteiger partial charge in [-0.05, 0) is 32.0 Å². The smallest absolute Gasteiger partial charge is 0.295 e. The number of alkyl halides is 2. The number of nitrogens with one attached hydrogen (secondary N) is 2. The van der Waals surface area contributed by atoms with E-state index in [1.165, 1.54) is 0 Å². The van der Waals surface area contributed by atoms with Gasteiger partial charge in [-0.25, -0.2) is 13.8 Å². The maximum absolute atomic E-state index is 12.7. The van der Waals surface area contributed by atoms with Gasteiger partial charge < -0.3 is 15.0 Å². The molecule has 2 aromatic heterocycles. The number of hydrogen-bond donors (Lipinski definition) is 2. The molecule has 0 radical (unpaired) electrons. The van der Waals surface area contributed by atoms with Crippen molar-refractivity contribution in [1.82, 2.24) is 19.7 Å². The standard InChI is InChI=1S/C16H17F2N5O2/c1-8-14(9(2)23(3)22-8)25-7-13(24)19-10-4-5-11-12(6-10)21-16(20-11)15(17)18/h4-6,15H,7H2,1-3H3,(H,19,24)(H,20,21). The highest BCUT2D eigenvalue weighted by Crippen LogP contribution is 2.23. The van der Waals surface area contributed by atoms with Crippen molar-refractivity contribution in [2.75, 3.05) is 11.9 Å². The van der Waals surface area contributed by atoms with Crippen molar-refractivity contribution in [3.63, 3.8) is 0 Å². The molecule has 1 aromatic carbocycles. The SMILES string of the molecule is Cc1nn(C)c(C)c1OCC(=O)Nc1ccc2nc(C(F)F)[nH]c2c1. The molecule has 0 spiro atoms. The van der Waals surface area contributed by atoms with Crippen molar-refractivity contribution in [3.05, 3.63) is 35.4 Å². The first-order valence-corrected chi connectivity index (χ1v) is 7.56. The summed E-state index contributed by atoms with van der Waals surface area (Å²) in [6, 6.07) is 4.70. The molecule has 7 nitrogen and oxygen atoms in total. The first-order valence-electron chi connectivity index (χ1n) is 7.56. The maximum Gasteiger partial charge on any atom is 0.295 e. The molecule has 2 heterocycles. The van der Waals surface area contributed by atoms with Crippen LogP contribution in [0.25, 0.3) is 11.0 Å². The Morgan fingerprint density at radius 1 is 1.40 bits per heavy atom. The minimum absolute atomic E-state index is 0.184. The Morgan fingerprint density at radius 2 is 2.16 bits per heavy atom. The van der Waals surface area contributed by atoms with Gasteiger partial charge in [-0.15, -0.1) is 0 Å². The van der Waals surface area contributed by atoms with Crippen molar-refractivity contribution in [1.29, 1.82) is 0 Å². The Balaban J connectivity index is 1.67. The number of carbonyl (C=O) groups is 1. The summed E-state index contributed by atoms with van der Waals surface area (Å²) in [5.74, 6) is -0.191. The second kappa shape index (κ2) is 6.50. The van der Waals surface area contributed by atoms with E-state index in [1.54, 1.807) is 36.9 Å². The van der Waals surface area contributed by atoms with Crippen LogP contribution in [-0.2, 0) is 11.8 Å². The van der Waals surface area contributed by atoms with E-state index in [-0.39, 0.29) is 12.5 Å². The fourth-order valence-corrected chi connectivity index (χ4v) is 2.51. The van der Waals surface area contributed by atoms with E-state index in [1.807, 2.05) is 6.92 Å². The molecule has 25 heavy (non-hydrogen) atoms. The molecule has 3 aromatic rings. The van der Waals surface area contributed by atoms with Crippen LogP contribution in [0.4, 0.5) is 14.5 Å². The average Bonchev–Trinajstić information content (AvgIpc) is 3.07. The molecular formula is C16H17F2N5O2. The van der Waals surface area contributed by atoms with Crippen LogP contribution in [0.3, 0.4) is 0 Å². The number of halogens is 2. The number of rotatable bonds is 5. The molecule has 0 saturated carbocycles. The van der Waals surface area contributed by atoms with Crippen LogP contribution in [0.2, 0.25) is 0 Å². The number of H-pyrrole nitrogens is 1. The Hall–Kier alpha value is -2.97. The lowest BCUT2D eigenvalue weighted by atomic mass is 10.3. The number of carbonyl (C=O) groups excluding carboxylic acids is 1. The minimum Gasteiger partial charge on any atom is -0.480 e. The van der Waals surface area contributed by atoms with E-state index in [0.29, 0.717) is 28.2 Å². The Labute approximate surface area is 142 Å². The predicted molar refractivity (Wildman–Crippen MR) is 87.9 cm³/mol. The molecule has 1 amide bonds. The van der Waals surface area contributed by atoms with Crippen LogP contribution in [0.1, 0.15) is 23.6 Å². The molecule has 0 aliphatic carbocycles. The molecule has 0 aliphatic rings. The van der Waals surface area contributed by atoms with Gasteiger partial charge in [-0.1, -0.05) is 0 Å². The fraction of sp³-hybridized carbons (Fsp3) is 0.312. The maximum atomic E-state index is 12.7. The monoisotopic (exact) mass is 349 g/mol. The van der Waals surface area contributed by atoms with E-state index < -0.39 is 12.2 Å². The Kier molecular flexibility index (Phi) is 4.39. The zero-order valence-electron chi connectivity index (χ0n) is 13.9. The third kappa shape index (κ3) is 3.44. The molecular weight excluding hydrogens is 332 g/mol. The van der Waals surface area contributed by atoms with Gasteiger partial charge in [0.15, 0.2) is 18.2 Å². The number of aromatic nitrogens is 4. The first kappa shape index (κ1) is 16.9. The van der Waals surface area contributed by atoms with E-state index in [0.717, 1.165) is 5.69 Å². The highest BCUT2D eigenvalue weighted by Gasteiger charge is 2.14. The van der Waals surface area contributed by atoms with Crippen molar-refractivity contribution in [3.8, 4) is 5.75 Å². The third-order valence-corrected chi connectivity index (χ3v) is 3.78. The molecule has 0 bridgehead atoms. The normalized spacial score (nSPS) is 11.3. The largest absolute Gasteiger partial charge is 0.480 e. The number of aromatic amines is 1. The van der Waals surface area contributed by atoms with Gasteiger partial charge in [-0.2, -0.15) is 5.10 Å². The third-order valence-electron chi connectivity index (χ3n) is 3.78. The van der Waals surface area contributed by atoms with Gasteiger partial charge >= 0.3 is 0 Å². The van der Waals surface area contributed by atoms with Gasteiger partial charge in [0.25, 0.3) is 12.3 Å². The molecule has 0 fully saturated rings. The number of amides is 1. The van der Waals surface area contributed by atoms with E-state index in [2.05, 4.69) is 20.4 Å². The summed E-state index contributed by atoms with van der Waals surface area (Å²) >= 11 is 0. The highest BCUT2D eigenvalue weighted by atomic mass is 19.3. The molecule has 0 unspecified atom stereocenters. The van der Waals surface area contributed by atoms with E-state index >= 15 is 0 Å². The minimum atomic E-state index is -2.68. The molecule has 0 saturated heterocycles. The van der Waals surface area contributed by atoms with Gasteiger partial charge in [0.2, 0.25) is 0 Å². The van der Waals surface area contributed by atoms with Crippen molar-refractivity contribution in [2.45, 2.75) is 20.3 Å². The summed E-state index contributed by atoms with van der Waals surface area (Å²) in [4.78, 5) is 18.4. The van der Waals surface area contributed by atoms with Crippen LogP contribution < -0.4 is 10.1 Å². The summed E-state index contributed by atoms with van der Waals surface area (Å²) < 4.78 is 32.5. The summed E-state index contributed by atoms with van der Waals surface area (Å²) in [7, 11) is 1.79. The van der Waals surface area contributed by atoms with Crippen molar-refractivity contribution in [2.24, 2.45) is 7.05 Å². The topological polar surface area (TPSA) is 84.8 Å². The number of hydrogen-bond acceptors (Lipinski definition) is 4. The highest BCUT2D eigenvalue weighted by molar-refractivity contribution is 5.94. The van der Waals surface area contributed by atoms with E-state index in [4.69, 9.17) is 4.74 Å². The second-order valence-electron chi connectivity index (χ2n) is 5.62. The lowest BCUT2D eigenvalue weighted by Crippen LogP contribution is -2.20. The van der Waals surface area contributed by atoms with Crippen molar-refractivity contribution >= 4 is 22.6 Å². The van der Waals surface area contributed by atoms with Crippen LogP contribution >= 0.6 is 0 Å². The molecule has 3 rings (SSSR count). The van der Waals surface area contributed by atoms with Crippen LogP contribution in [0, 0.1) is 13.8 Å². The number of imidazole rings is 1. The summed E-state index contributed by atoms with van der Waals surface area (Å²) in [6.45, 7) is 3.46. The van der Waals surface area contributed by atoms with E-state index in [9.17, 15) is 13.6 Å². The number of aryl methyl sites for hydroxylation is 2. The number of anilines is 1. The number of nitrogens with zero attached hydrogens (tertiary/aromatic N) is 3. The van der Waals surface area contributed by atoms with Crippen LogP contribution in [0.15, 0.2) is 18.2 Å². The second-order valence-corrected chi connectivity index (χ2v) is 5.62. The summed E-state index contributed by atoms with van der Waals surface area (Å²) in [5, 5.41) is 6.87. The summed E-state index contributed by atoms with van der Waals surface area (Å²) in [5.41, 5.74) is 2.82. The van der Waals surface area contributed by atoms with Crippen molar-refractivity contribution < 1.29 is 18.3 Å². The molecule has 9 heteroatoms. The number of fused-ring (bicyclic) bond motifs is 1. The van der Waals surface area contributed by atoms with Crippen LogP contribution in [0.5, 0.6) is 5.75 Å². The zero-order valence-corrected chi connectivity index (χ0v) is 13.9. The van der Waals surface area contributed by atoms with Gasteiger partial charge in [0, 0.05) is 12.7 Å². The lowest BCUT2D eigenvalue weighted by Gasteiger charge is -2.08. The predicted octanol–water partition coefficient (Wildman–Crippen LogP) is 2.87. The van der Waals surface area contributed by atoms with Gasteiger partial charge in [0.1, 0.15) is 5.69 Å². The fourth-order valence-electron chi connectivity index (χ4n) is 2.51. The Bertz CT molecular complexity index is 932. The number of ether oxygens (including phenoxy) is 1. The molecule has 132 valence electrons. The number of benzene rings is 1. The van der Waals surface area contributed by atoms with Gasteiger partial charge in [0.05, 0.1) is 16.7 Å². The molecule has 2 N–H and O–H groups in total. The van der Waals surface area contributed by atoms with Gasteiger partial charge in [-0.3, -0.25) is 9.48 Å².